The molecule has 1 aliphatic carbocycles. The molecule has 0 saturated heterocycles. The SMILES string of the molecule is CN=C(NCCSc1ccccc1)NCC(=O)NC1CCCCC1. The number of nitrogens with one attached hydrogen (secondary N) is 3. The molecule has 132 valence electrons. The Labute approximate surface area is 149 Å². The number of aliphatic imine (C=N–C) groups is 1. The van der Waals surface area contributed by atoms with Crippen molar-refractivity contribution in [2.24, 2.45) is 4.99 Å². The molecule has 24 heavy (non-hydrogen) atoms. The summed E-state index contributed by atoms with van der Waals surface area (Å²) in [6.07, 6.45) is 5.95. The van der Waals surface area contributed by atoms with Crippen molar-refractivity contribution in [2.45, 2.75) is 43.0 Å². The Morgan fingerprint density at radius 1 is 1.17 bits per heavy atom. The first-order valence-electron chi connectivity index (χ1n) is 8.69. The molecule has 0 spiro atoms. The van der Waals surface area contributed by atoms with Crippen LogP contribution in [0.5, 0.6) is 0 Å². The topological polar surface area (TPSA) is 65.5 Å². The number of hydrogen-bond acceptors (Lipinski definition) is 3. The van der Waals surface area contributed by atoms with Gasteiger partial charge in [0.15, 0.2) is 5.96 Å². The first kappa shape index (κ1) is 18.6. The van der Waals surface area contributed by atoms with Gasteiger partial charge in [-0.3, -0.25) is 9.79 Å². The fourth-order valence-corrected chi connectivity index (χ4v) is 3.55. The molecular formula is C18H28N4OS. The van der Waals surface area contributed by atoms with Crippen LogP contribution in [0.15, 0.2) is 40.2 Å². The van der Waals surface area contributed by atoms with Crippen LogP contribution in [0, 0.1) is 0 Å². The molecule has 0 heterocycles. The lowest BCUT2D eigenvalue weighted by molar-refractivity contribution is -0.120. The molecule has 0 atom stereocenters. The van der Waals surface area contributed by atoms with Crippen LogP contribution in [0.2, 0.25) is 0 Å². The lowest BCUT2D eigenvalue weighted by atomic mass is 9.95. The molecule has 1 amide bonds. The second-order valence-electron chi connectivity index (χ2n) is 5.92. The van der Waals surface area contributed by atoms with E-state index in [4.69, 9.17) is 0 Å². The van der Waals surface area contributed by atoms with Crippen LogP contribution in [0.25, 0.3) is 0 Å². The molecular weight excluding hydrogens is 320 g/mol. The van der Waals surface area contributed by atoms with E-state index in [9.17, 15) is 4.79 Å². The van der Waals surface area contributed by atoms with Gasteiger partial charge in [-0.25, -0.2) is 0 Å². The van der Waals surface area contributed by atoms with E-state index in [1.807, 2.05) is 18.2 Å². The first-order valence-corrected chi connectivity index (χ1v) is 9.68. The molecule has 1 aromatic carbocycles. The Balaban J connectivity index is 1.58. The summed E-state index contributed by atoms with van der Waals surface area (Å²) in [5, 5.41) is 9.41. The normalized spacial score (nSPS) is 15.8. The molecule has 5 nitrogen and oxygen atoms in total. The van der Waals surface area contributed by atoms with E-state index < -0.39 is 0 Å². The third kappa shape index (κ3) is 7.25. The van der Waals surface area contributed by atoms with Crippen LogP contribution in [0.1, 0.15) is 32.1 Å². The summed E-state index contributed by atoms with van der Waals surface area (Å²) >= 11 is 1.80. The maximum absolute atomic E-state index is 12.0. The van der Waals surface area contributed by atoms with Crippen molar-refractivity contribution in [1.29, 1.82) is 0 Å². The highest BCUT2D eigenvalue weighted by atomic mass is 32.2. The van der Waals surface area contributed by atoms with Gasteiger partial charge < -0.3 is 16.0 Å². The van der Waals surface area contributed by atoms with E-state index in [1.54, 1.807) is 18.8 Å². The van der Waals surface area contributed by atoms with Gasteiger partial charge in [0.25, 0.3) is 0 Å². The van der Waals surface area contributed by atoms with Crippen molar-refractivity contribution in [2.75, 3.05) is 25.9 Å². The predicted octanol–water partition coefficient (Wildman–Crippen LogP) is 2.39. The molecule has 1 aliphatic rings. The van der Waals surface area contributed by atoms with E-state index in [2.05, 4.69) is 33.1 Å². The molecule has 1 saturated carbocycles. The average molecular weight is 349 g/mol. The van der Waals surface area contributed by atoms with Gasteiger partial charge >= 0.3 is 0 Å². The van der Waals surface area contributed by atoms with Crippen LogP contribution in [-0.2, 0) is 4.79 Å². The standard InChI is InChI=1S/C18H28N4OS/c1-19-18(20-12-13-24-16-10-6-3-7-11-16)21-14-17(23)22-15-8-4-2-5-9-15/h3,6-7,10-11,15H,2,4-5,8-9,12-14H2,1H3,(H,22,23)(H2,19,20,21). The Hall–Kier alpha value is -1.69. The lowest BCUT2D eigenvalue weighted by Gasteiger charge is -2.23. The minimum absolute atomic E-state index is 0.0449. The highest BCUT2D eigenvalue weighted by molar-refractivity contribution is 7.99. The Kier molecular flexibility index (Phi) is 8.52. The third-order valence-corrected chi connectivity index (χ3v) is 5.03. The third-order valence-electron chi connectivity index (χ3n) is 4.02. The number of nitrogens with zero attached hydrogens (tertiary/aromatic N) is 1. The fourth-order valence-electron chi connectivity index (χ4n) is 2.77. The predicted molar refractivity (Wildman–Crippen MR) is 102 cm³/mol. The van der Waals surface area contributed by atoms with Crippen molar-refractivity contribution in [1.82, 2.24) is 16.0 Å². The van der Waals surface area contributed by atoms with Gasteiger partial charge in [-0.15, -0.1) is 11.8 Å². The molecule has 6 heteroatoms. The monoisotopic (exact) mass is 348 g/mol. The number of amides is 1. The van der Waals surface area contributed by atoms with E-state index in [-0.39, 0.29) is 12.5 Å². The van der Waals surface area contributed by atoms with Gasteiger partial charge in [-0.1, -0.05) is 37.5 Å². The molecule has 0 radical (unpaired) electrons. The maximum Gasteiger partial charge on any atom is 0.239 e. The second-order valence-corrected chi connectivity index (χ2v) is 7.08. The van der Waals surface area contributed by atoms with Crippen LogP contribution >= 0.6 is 11.8 Å². The van der Waals surface area contributed by atoms with Crippen molar-refractivity contribution in [3.8, 4) is 0 Å². The summed E-state index contributed by atoms with van der Waals surface area (Å²) in [5.41, 5.74) is 0. The zero-order valence-corrected chi connectivity index (χ0v) is 15.2. The van der Waals surface area contributed by atoms with E-state index in [1.165, 1.54) is 24.2 Å². The van der Waals surface area contributed by atoms with Crippen molar-refractivity contribution < 1.29 is 4.79 Å². The minimum Gasteiger partial charge on any atom is -0.356 e. The molecule has 3 N–H and O–H groups in total. The number of benzene rings is 1. The summed E-state index contributed by atoms with van der Waals surface area (Å²) in [7, 11) is 1.72. The van der Waals surface area contributed by atoms with Gasteiger partial charge in [0.1, 0.15) is 0 Å². The Bertz CT molecular complexity index is 515. The second kappa shape index (κ2) is 11.0. The number of hydrogen-bond donors (Lipinski definition) is 3. The largest absolute Gasteiger partial charge is 0.356 e. The molecule has 1 fully saturated rings. The maximum atomic E-state index is 12.0. The Morgan fingerprint density at radius 2 is 1.92 bits per heavy atom. The average Bonchev–Trinajstić information content (AvgIpc) is 2.63. The molecule has 0 unspecified atom stereocenters. The molecule has 0 aliphatic heterocycles. The van der Waals surface area contributed by atoms with Crippen LogP contribution in [0.4, 0.5) is 0 Å². The summed E-state index contributed by atoms with van der Waals surface area (Å²) in [6.45, 7) is 1.06. The highest BCUT2D eigenvalue weighted by Crippen LogP contribution is 2.17. The van der Waals surface area contributed by atoms with Gasteiger partial charge in [-0.2, -0.15) is 0 Å². The first-order chi connectivity index (χ1) is 11.8. The fraction of sp³-hybridized carbons (Fsp3) is 0.556. The van der Waals surface area contributed by atoms with Crippen molar-refractivity contribution in [3.05, 3.63) is 30.3 Å². The summed E-state index contributed by atoms with van der Waals surface area (Å²) in [4.78, 5) is 17.4. The summed E-state index contributed by atoms with van der Waals surface area (Å²) < 4.78 is 0. The quantitative estimate of drug-likeness (QED) is 0.306. The van der Waals surface area contributed by atoms with E-state index in [0.29, 0.717) is 12.0 Å². The number of rotatable bonds is 7. The number of carbonyl (C=O) groups is 1. The van der Waals surface area contributed by atoms with Crippen LogP contribution in [-0.4, -0.2) is 43.8 Å². The minimum atomic E-state index is 0.0449. The molecule has 0 bridgehead atoms. The molecule has 1 aromatic rings. The van der Waals surface area contributed by atoms with E-state index in [0.717, 1.165) is 25.1 Å². The zero-order valence-electron chi connectivity index (χ0n) is 14.4. The number of thioether (sulfide) groups is 1. The van der Waals surface area contributed by atoms with E-state index >= 15 is 0 Å². The zero-order chi connectivity index (χ0) is 17.0. The van der Waals surface area contributed by atoms with Gasteiger partial charge in [0, 0.05) is 30.3 Å². The smallest absolute Gasteiger partial charge is 0.239 e. The van der Waals surface area contributed by atoms with Gasteiger partial charge in [-0.05, 0) is 25.0 Å². The van der Waals surface area contributed by atoms with Crippen LogP contribution in [0.3, 0.4) is 0 Å². The van der Waals surface area contributed by atoms with Gasteiger partial charge in [0.05, 0.1) is 6.54 Å². The van der Waals surface area contributed by atoms with Crippen LogP contribution < -0.4 is 16.0 Å². The van der Waals surface area contributed by atoms with Crippen molar-refractivity contribution >= 4 is 23.6 Å². The lowest BCUT2D eigenvalue weighted by Crippen LogP contribution is -2.46. The molecule has 0 aromatic heterocycles. The highest BCUT2D eigenvalue weighted by Gasteiger charge is 2.15. The van der Waals surface area contributed by atoms with Gasteiger partial charge in [0.2, 0.25) is 5.91 Å². The number of guanidine groups is 1. The molecule has 2 rings (SSSR count). The summed E-state index contributed by atoms with van der Waals surface area (Å²) in [6, 6.07) is 10.7. The Morgan fingerprint density at radius 3 is 2.62 bits per heavy atom. The summed E-state index contributed by atoms with van der Waals surface area (Å²) in [5.74, 6) is 1.66. The van der Waals surface area contributed by atoms with Crippen molar-refractivity contribution in [3.63, 3.8) is 0 Å². The number of carbonyl (C=O) groups excluding carboxylic acids is 1.